The molecule has 5 atom stereocenters. The van der Waals surface area contributed by atoms with E-state index in [9.17, 15) is 34.2 Å². The molecule has 0 unspecified atom stereocenters. The number of nitrogens with one attached hydrogen (secondary N) is 4. The molecule has 0 bridgehead atoms. The van der Waals surface area contributed by atoms with Gasteiger partial charge in [0, 0.05) is 36.5 Å². The Balaban J connectivity index is 1.32. The van der Waals surface area contributed by atoms with Crippen molar-refractivity contribution in [3.05, 3.63) is 102 Å². The number of phenols is 1. The largest absolute Gasteiger partial charge is 0.508 e. The van der Waals surface area contributed by atoms with E-state index in [1.165, 1.54) is 17.0 Å². The Labute approximate surface area is 308 Å². The molecule has 2 heterocycles. The summed E-state index contributed by atoms with van der Waals surface area (Å²) in [5, 5.41) is 28.7. The third-order valence-corrected chi connectivity index (χ3v) is 9.52. The summed E-state index contributed by atoms with van der Waals surface area (Å²) >= 11 is 0. The topological polar surface area (TPSA) is 207 Å². The van der Waals surface area contributed by atoms with Crippen molar-refractivity contribution in [2.24, 2.45) is 11.7 Å². The lowest BCUT2D eigenvalue weighted by molar-refractivity contribution is -0.143. The number of nitrogens with zero attached hydrogens (tertiary/aromatic N) is 1. The van der Waals surface area contributed by atoms with Gasteiger partial charge in [0.05, 0.1) is 6.04 Å². The number of carboxylic acids is 1. The molecule has 4 aromatic rings. The van der Waals surface area contributed by atoms with Crippen molar-refractivity contribution < 1.29 is 34.2 Å². The summed E-state index contributed by atoms with van der Waals surface area (Å²) in [5.41, 5.74) is 9.43. The maximum absolute atomic E-state index is 14.4. The van der Waals surface area contributed by atoms with Gasteiger partial charge >= 0.3 is 5.97 Å². The van der Waals surface area contributed by atoms with Gasteiger partial charge in [-0.2, -0.15) is 0 Å². The molecule has 13 nitrogen and oxygen atoms in total. The number of phenolic OH excluding ortho intramolecular Hbond substituents is 1. The number of fused-ring (bicyclic) bond motifs is 1. The van der Waals surface area contributed by atoms with E-state index in [1.54, 1.807) is 42.6 Å². The highest BCUT2D eigenvalue weighted by molar-refractivity contribution is 5.96. The van der Waals surface area contributed by atoms with Gasteiger partial charge in [-0.3, -0.25) is 19.2 Å². The molecular formula is C40H48N6O7. The number of H-pyrrole nitrogens is 1. The highest BCUT2D eigenvalue weighted by Crippen LogP contribution is 2.24. The average molecular weight is 725 g/mol. The van der Waals surface area contributed by atoms with Gasteiger partial charge < -0.3 is 41.8 Å². The molecule has 1 aliphatic heterocycles. The van der Waals surface area contributed by atoms with Crippen molar-refractivity contribution in [2.45, 2.75) is 82.6 Å². The second-order valence-corrected chi connectivity index (χ2v) is 14.1. The molecule has 1 fully saturated rings. The molecule has 53 heavy (non-hydrogen) atoms. The first-order valence-electron chi connectivity index (χ1n) is 18.0. The predicted octanol–water partition coefficient (Wildman–Crippen LogP) is 2.80. The van der Waals surface area contributed by atoms with Crippen LogP contribution in [0.4, 0.5) is 0 Å². The smallest absolute Gasteiger partial charge is 0.326 e. The van der Waals surface area contributed by atoms with E-state index in [0.717, 1.165) is 27.6 Å². The normalized spacial score (nSPS) is 16.5. The minimum atomic E-state index is -1.21. The number of nitrogens with two attached hydrogens (primary N) is 1. The van der Waals surface area contributed by atoms with E-state index < -0.39 is 59.8 Å². The number of hydrogen-bond acceptors (Lipinski definition) is 7. The van der Waals surface area contributed by atoms with Crippen LogP contribution in [-0.2, 0) is 43.2 Å². The molecule has 5 rings (SSSR count). The molecule has 1 aliphatic rings. The maximum Gasteiger partial charge on any atom is 0.326 e. The fourth-order valence-electron chi connectivity index (χ4n) is 6.77. The molecule has 0 spiro atoms. The van der Waals surface area contributed by atoms with Gasteiger partial charge in [-0.1, -0.05) is 74.5 Å². The molecule has 280 valence electrons. The number of carbonyl (C=O) groups is 5. The number of carbonyl (C=O) groups excluding carboxylic acids is 4. The Kier molecular flexibility index (Phi) is 12.9. The van der Waals surface area contributed by atoms with E-state index in [-0.39, 0.29) is 43.9 Å². The van der Waals surface area contributed by atoms with E-state index in [1.807, 2.05) is 44.2 Å². The van der Waals surface area contributed by atoms with Crippen LogP contribution in [0.1, 0.15) is 49.8 Å². The first-order chi connectivity index (χ1) is 25.4. The Hall–Kier alpha value is -5.69. The van der Waals surface area contributed by atoms with E-state index in [0.29, 0.717) is 12.8 Å². The van der Waals surface area contributed by atoms with Crippen LogP contribution in [-0.4, -0.2) is 86.4 Å². The predicted molar refractivity (Wildman–Crippen MR) is 200 cm³/mol. The zero-order chi connectivity index (χ0) is 38.1. The van der Waals surface area contributed by atoms with Crippen molar-refractivity contribution in [1.82, 2.24) is 25.8 Å². The van der Waals surface area contributed by atoms with Gasteiger partial charge in [0.1, 0.15) is 29.9 Å². The zero-order valence-electron chi connectivity index (χ0n) is 30.0. The lowest BCUT2D eigenvalue weighted by Crippen LogP contribution is -2.58. The first-order valence-corrected chi connectivity index (χ1v) is 18.0. The van der Waals surface area contributed by atoms with Crippen molar-refractivity contribution in [3.8, 4) is 5.75 Å². The molecule has 0 radical (unpaired) electrons. The van der Waals surface area contributed by atoms with Crippen LogP contribution < -0.4 is 21.7 Å². The summed E-state index contributed by atoms with van der Waals surface area (Å²) in [7, 11) is 0. The van der Waals surface area contributed by atoms with Crippen LogP contribution in [0, 0.1) is 5.92 Å². The lowest BCUT2D eigenvalue weighted by atomic mass is 10.0. The van der Waals surface area contributed by atoms with Crippen molar-refractivity contribution in [1.29, 1.82) is 0 Å². The standard InChI is InChI=1S/C40H48N6O7/c1-24(2)19-32(37(49)45-34(40(52)53)21-25-9-4-3-5-10-25)43-38(50)35-13-8-18-46(35)39(51)33(22-27-23-42-31-12-7-6-11-29(27)31)44-36(48)30(41)20-26-14-16-28(47)17-15-26/h3-7,9-12,14-17,23-24,30,32-35,42,47H,8,13,18-22,41H2,1-2H3,(H,43,50)(H,44,48)(H,45,49)(H,52,53)/t30-,32+,33-,34-,35+/m0/s1. The van der Waals surface area contributed by atoms with Crippen LogP contribution in [0.3, 0.4) is 0 Å². The maximum atomic E-state index is 14.4. The lowest BCUT2D eigenvalue weighted by Gasteiger charge is -2.31. The summed E-state index contributed by atoms with van der Waals surface area (Å²) in [6.07, 6.45) is 3.26. The Morgan fingerprint density at radius 1 is 0.811 bits per heavy atom. The van der Waals surface area contributed by atoms with Gasteiger partial charge in [0.15, 0.2) is 0 Å². The van der Waals surface area contributed by atoms with Gasteiger partial charge in [-0.05, 0) is 66.5 Å². The number of para-hydroxylation sites is 1. The van der Waals surface area contributed by atoms with Crippen molar-refractivity contribution >= 4 is 40.5 Å². The first kappa shape index (κ1) is 38.5. The molecule has 3 aromatic carbocycles. The highest BCUT2D eigenvalue weighted by Gasteiger charge is 2.40. The Bertz CT molecular complexity index is 1890. The quantitative estimate of drug-likeness (QED) is 0.0913. The van der Waals surface area contributed by atoms with Gasteiger partial charge in [-0.15, -0.1) is 0 Å². The molecule has 1 aromatic heterocycles. The molecule has 0 saturated carbocycles. The number of amides is 4. The Morgan fingerprint density at radius 2 is 1.47 bits per heavy atom. The van der Waals surface area contributed by atoms with Gasteiger partial charge in [-0.25, -0.2) is 4.79 Å². The van der Waals surface area contributed by atoms with Crippen LogP contribution in [0.5, 0.6) is 5.75 Å². The monoisotopic (exact) mass is 724 g/mol. The number of hydrogen-bond donors (Lipinski definition) is 7. The fourth-order valence-corrected chi connectivity index (χ4v) is 6.77. The minimum absolute atomic E-state index is 0.0219. The summed E-state index contributed by atoms with van der Waals surface area (Å²) in [6.45, 7) is 4.04. The van der Waals surface area contributed by atoms with Crippen LogP contribution in [0.15, 0.2) is 85.1 Å². The molecule has 1 saturated heterocycles. The highest BCUT2D eigenvalue weighted by atomic mass is 16.4. The zero-order valence-corrected chi connectivity index (χ0v) is 30.0. The molecule has 8 N–H and O–H groups in total. The fraction of sp³-hybridized carbons (Fsp3) is 0.375. The number of likely N-dealkylation sites (tertiary alicyclic amines) is 1. The summed E-state index contributed by atoms with van der Waals surface area (Å²) < 4.78 is 0. The Morgan fingerprint density at radius 3 is 2.17 bits per heavy atom. The third-order valence-electron chi connectivity index (χ3n) is 9.52. The second-order valence-electron chi connectivity index (χ2n) is 14.1. The summed E-state index contributed by atoms with van der Waals surface area (Å²) in [6, 6.07) is 17.7. The minimum Gasteiger partial charge on any atom is -0.508 e. The summed E-state index contributed by atoms with van der Waals surface area (Å²) in [5.74, 6) is -3.30. The van der Waals surface area contributed by atoms with Crippen molar-refractivity contribution in [2.75, 3.05) is 6.54 Å². The number of aromatic hydroxyl groups is 1. The molecule has 13 heteroatoms. The average Bonchev–Trinajstić information content (AvgIpc) is 3.79. The SMILES string of the molecule is CC(C)C[C@@H](NC(=O)[C@H]1CCCN1C(=O)[C@H](Cc1c[nH]c2ccccc12)NC(=O)[C@@H](N)Cc1ccc(O)cc1)C(=O)N[C@@H](Cc1ccccc1)C(=O)O. The number of carboxylic acid groups (broad SMARTS) is 1. The van der Waals surface area contributed by atoms with Gasteiger partial charge in [0.25, 0.3) is 0 Å². The van der Waals surface area contributed by atoms with Crippen LogP contribution >= 0.6 is 0 Å². The number of benzene rings is 3. The van der Waals surface area contributed by atoms with Crippen molar-refractivity contribution in [3.63, 3.8) is 0 Å². The van der Waals surface area contributed by atoms with E-state index in [4.69, 9.17) is 5.73 Å². The van der Waals surface area contributed by atoms with E-state index in [2.05, 4.69) is 20.9 Å². The number of aliphatic carboxylic acids is 1. The summed E-state index contributed by atoms with van der Waals surface area (Å²) in [4.78, 5) is 72.1. The molecular weight excluding hydrogens is 676 g/mol. The number of rotatable bonds is 16. The van der Waals surface area contributed by atoms with Crippen LogP contribution in [0.25, 0.3) is 10.9 Å². The molecule has 4 amide bonds. The third kappa shape index (κ3) is 10.2. The second kappa shape index (κ2) is 17.7. The van der Waals surface area contributed by atoms with Crippen LogP contribution in [0.2, 0.25) is 0 Å². The van der Waals surface area contributed by atoms with Gasteiger partial charge in [0.2, 0.25) is 23.6 Å². The van der Waals surface area contributed by atoms with E-state index >= 15 is 0 Å². The molecule has 0 aliphatic carbocycles. The number of aromatic amines is 1. The number of aromatic nitrogens is 1.